The number of carbonyl (C=O) groups excluding carboxylic acids is 1. The maximum Gasteiger partial charge on any atom is 0.136 e. The van der Waals surface area contributed by atoms with Crippen molar-refractivity contribution in [2.24, 2.45) is 17.8 Å². The maximum atomic E-state index is 11.8. The lowest BCUT2D eigenvalue weighted by Crippen LogP contribution is -2.26. The summed E-state index contributed by atoms with van der Waals surface area (Å²) in [7, 11) is 0. The van der Waals surface area contributed by atoms with Crippen molar-refractivity contribution in [3.63, 3.8) is 0 Å². The van der Waals surface area contributed by atoms with Crippen LogP contribution in [0, 0.1) is 17.8 Å². The molecule has 0 bridgehead atoms. The van der Waals surface area contributed by atoms with E-state index in [4.69, 9.17) is 0 Å². The molecule has 0 saturated heterocycles. The minimum absolute atomic E-state index is 0.397. The number of Topliss-reactive ketones (excluding diaryl/α,β-unsaturated/α-hetero) is 1. The molecule has 0 aromatic rings. The van der Waals surface area contributed by atoms with Gasteiger partial charge in [-0.15, -0.1) is 0 Å². The average Bonchev–Trinajstić information content (AvgIpc) is 2.28. The third-order valence-electron chi connectivity index (χ3n) is 4.22. The molecule has 1 rings (SSSR count). The summed E-state index contributed by atoms with van der Waals surface area (Å²) in [6.07, 6.45) is 8.05. The smallest absolute Gasteiger partial charge is 0.136 e. The fraction of sp³-hybridized carbons (Fsp3) is 0.929. The van der Waals surface area contributed by atoms with Gasteiger partial charge in [0.1, 0.15) is 5.78 Å². The molecular formula is C14H26O. The number of hydrogen-bond donors (Lipinski definition) is 0. The van der Waals surface area contributed by atoms with Gasteiger partial charge in [-0.3, -0.25) is 4.79 Å². The van der Waals surface area contributed by atoms with Gasteiger partial charge < -0.3 is 0 Å². The van der Waals surface area contributed by atoms with Crippen molar-refractivity contribution >= 4 is 5.78 Å². The SMILES string of the molecule is CCC(CC)CC1CC(CC)CCC1=O. The van der Waals surface area contributed by atoms with Crippen LogP contribution < -0.4 is 0 Å². The Labute approximate surface area is 94.6 Å². The van der Waals surface area contributed by atoms with E-state index in [1.165, 1.54) is 25.7 Å². The Hall–Kier alpha value is -0.330. The topological polar surface area (TPSA) is 17.1 Å². The molecule has 88 valence electrons. The quantitative estimate of drug-likeness (QED) is 0.664. The normalized spacial score (nSPS) is 27.3. The van der Waals surface area contributed by atoms with Crippen molar-refractivity contribution in [2.75, 3.05) is 0 Å². The van der Waals surface area contributed by atoms with Gasteiger partial charge in [0, 0.05) is 12.3 Å². The zero-order valence-electron chi connectivity index (χ0n) is 10.6. The summed E-state index contributed by atoms with van der Waals surface area (Å²) in [5.74, 6) is 2.54. The molecule has 2 atom stereocenters. The fourth-order valence-electron chi connectivity index (χ4n) is 2.83. The highest BCUT2D eigenvalue weighted by Crippen LogP contribution is 2.33. The van der Waals surface area contributed by atoms with Gasteiger partial charge in [-0.25, -0.2) is 0 Å². The molecule has 0 spiro atoms. The van der Waals surface area contributed by atoms with Gasteiger partial charge >= 0.3 is 0 Å². The lowest BCUT2D eigenvalue weighted by Gasteiger charge is -2.29. The zero-order chi connectivity index (χ0) is 11.3. The van der Waals surface area contributed by atoms with Gasteiger partial charge in [0.15, 0.2) is 0 Å². The van der Waals surface area contributed by atoms with Gasteiger partial charge in [0.25, 0.3) is 0 Å². The molecule has 1 heteroatoms. The minimum Gasteiger partial charge on any atom is -0.299 e. The largest absolute Gasteiger partial charge is 0.299 e. The first-order valence-corrected chi connectivity index (χ1v) is 6.73. The first-order valence-electron chi connectivity index (χ1n) is 6.73. The number of rotatable bonds is 5. The van der Waals surface area contributed by atoms with Crippen LogP contribution in [-0.4, -0.2) is 5.78 Å². The molecule has 0 aromatic heterocycles. The van der Waals surface area contributed by atoms with Crippen LogP contribution in [-0.2, 0) is 4.79 Å². The van der Waals surface area contributed by atoms with Crippen LogP contribution in [0.4, 0.5) is 0 Å². The van der Waals surface area contributed by atoms with E-state index in [0.717, 1.165) is 31.1 Å². The monoisotopic (exact) mass is 210 g/mol. The van der Waals surface area contributed by atoms with Crippen molar-refractivity contribution < 1.29 is 4.79 Å². The zero-order valence-corrected chi connectivity index (χ0v) is 10.6. The summed E-state index contributed by atoms with van der Waals surface area (Å²) in [6, 6.07) is 0. The second-order valence-corrected chi connectivity index (χ2v) is 5.13. The number of ketones is 1. The number of hydrogen-bond acceptors (Lipinski definition) is 1. The summed E-state index contributed by atoms with van der Waals surface area (Å²) in [6.45, 7) is 6.76. The van der Waals surface area contributed by atoms with Crippen LogP contribution in [0.15, 0.2) is 0 Å². The van der Waals surface area contributed by atoms with Crippen LogP contribution >= 0.6 is 0 Å². The molecule has 0 aromatic carbocycles. The van der Waals surface area contributed by atoms with Crippen molar-refractivity contribution in [1.82, 2.24) is 0 Å². The molecule has 1 nitrogen and oxygen atoms in total. The van der Waals surface area contributed by atoms with Crippen LogP contribution in [0.5, 0.6) is 0 Å². The van der Waals surface area contributed by atoms with Gasteiger partial charge in [0.2, 0.25) is 0 Å². The standard InChI is InChI=1S/C14H26O/c1-4-11(5-2)9-13-10-12(6-3)7-8-14(13)15/h11-13H,4-10H2,1-3H3. The Morgan fingerprint density at radius 2 is 1.93 bits per heavy atom. The number of carbonyl (C=O) groups is 1. The lowest BCUT2D eigenvalue weighted by atomic mass is 9.75. The minimum atomic E-state index is 0.397. The van der Waals surface area contributed by atoms with Crippen molar-refractivity contribution in [3.8, 4) is 0 Å². The highest BCUT2D eigenvalue weighted by atomic mass is 16.1. The van der Waals surface area contributed by atoms with Gasteiger partial charge in [-0.05, 0) is 31.1 Å². The first-order chi connectivity index (χ1) is 7.21. The summed E-state index contributed by atoms with van der Waals surface area (Å²) in [5, 5.41) is 0. The molecule has 0 heterocycles. The molecule has 1 aliphatic rings. The van der Waals surface area contributed by atoms with E-state index in [9.17, 15) is 4.79 Å². The van der Waals surface area contributed by atoms with Crippen LogP contribution in [0.1, 0.15) is 65.7 Å². The Morgan fingerprint density at radius 3 is 2.47 bits per heavy atom. The molecule has 1 aliphatic carbocycles. The molecule has 0 radical (unpaired) electrons. The van der Waals surface area contributed by atoms with Gasteiger partial charge in [-0.1, -0.05) is 40.0 Å². The van der Waals surface area contributed by atoms with Crippen molar-refractivity contribution in [2.45, 2.75) is 65.7 Å². The molecule has 0 N–H and O–H groups in total. The van der Waals surface area contributed by atoms with E-state index >= 15 is 0 Å². The third kappa shape index (κ3) is 3.62. The first kappa shape index (κ1) is 12.7. The highest BCUT2D eigenvalue weighted by molar-refractivity contribution is 5.81. The van der Waals surface area contributed by atoms with E-state index < -0.39 is 0 Å². The summed E-state index contributed by atoms with van der Waals surface area (Å²) in [4.78, 5) is 11.8. The lowest BCUT2D eigenvalue weighted by molar-refractivity contribution is -0.126. The molecule has 0 amide bonds. The van der Waals surface area contributed by atoms with Gasteiger partial charge in [-0.2, -0.15) is 0 Å². The van der Waals surface area contributed by atoms with Crippen molar-refractivity contribution in [3.05, 3.63) is 0 Å². The van der Waals surface area contributed by atoms with Gasteiger partial charge in [0.05, 0.1) is 0 Å². The summed E-state index contributed by atoms with van der Waals surface area (Å²) < 4.78 is 0. The third-order valence-corrected chi connectivity index (χ3v) is 4.22. The Balaban J connectivity index is 2.46. The molecule has 1 fully saturated rings. The van der Waals surface area contributed by atoms with E-state index in [0.29, 0.717) is 11.7 Å². The highest BCUT2D eigenvalue weighted by Gasteiger charge is 2.28. The Morgan fingerprint density at radius 1 is 1.27 bits per heavy atom. The molecule has 0 aliphatic heterocycles. The van der Waals surface area contributed by atoms with E-state index in [-0.39, 0.29) is 0 Å². The molecule has 15 heavy (non-hydrogen) atoms. The summed E-state index contributed by atoms with van der Waals surface area (Å²) >= 11 is 0. The predicted molar refractivity (Wildman–Crippen MR) is 64.8 cm³/mol. The maximum absolute atomic E-state index is 11.8. The van der Waals surface area contributed by atoms with Crippen molar-refractivity contribution in [1.29, 1.82) is 0 Å². The average molecular weight is 210 g/mol. The molecule has 1 saturated carbocycles. The van der Waals surface area contributed by atoms with E-state index in [1.54, 1.807) is 0 Å². The second-order valence-electron chi connectivity index (χ2n) is 5.13. The Kier molecular flexibility index (Phi) is 5.35. The summed E-state index contributed by atoms with van der Waals surface area (Å²) in [5.41, 5.74) is 0. The molecular weight excluding hydrogens is 184 g/mol. The van der Waals surface area contributed by atoms with E-state index in [1.807, 2.05) is 0 Å². The van der Waals surface area contributed by atoms with Crippen LogP contribution in [0.3, 0.4) is 0 Å². The molecule has 2 unspecified atom stereocenters. The fourth-order valence-corrected chi connectivity index (χ4v) is 2.83. The Bertz CT molecular complexity index is 194. The van der Waals surface area contributed by atoms with E-state index in [2.05, 4.69) is 20.8 Å². The second kappa shape index (κ2) is 6.30. The predicted octanol–water partition coefficient (Wildman–Crippen LogP) is 4.21. The van der Waals surface area contributed by atoms with Crippen LogP contribution in [0.25, 0.3) is 0 Å². The van der Waals surface area contributed by atoms with Crippen LogP contribution in [0.2, 0.25) is 0 Å².